The fraction of sp³-hybridized carbons (Fsp3) is 0.625. The Hall–Kier alpha value is -1.06. The second-order valence-corrected chi connectivity index (χ2v) is 5.85. The van der Waals surface area contributed by atoms with Crippen LogP contribution in [0.2, 0.25) is 0 Å². The van der Waals surface area contributed by atoms with Crippen molar-refractivity contribution in [2.75, 3.05) is 26.7 Å². The first-order chi connectivity index (χ1) is 9.06. The maximum atomic E-state index is 5.49. The number of likely N-dealkylation sites (N-methyl/N-ethyl adjacent to an activating group) is 1. The quantitative estimate of drug-likeness (QED) is 0.883. The van der Waals surface area contributed by atoms with E-state index in [0.717, 1.165) is 18.8 Å². The van der Waals surface area contributed by atoms with E-state index in [4.69, 9.17) is 4.74 Å². The van der Waals surface area contributed by atoms with Crippen LogP contribution in [0.4, 0.5) is 0 Å². The molecule has 1 saturated heterocycles. The minimum absolute atomic E-state index is 0.0684. The van der Waals surface area contributed by atoms with E-state index in [1.165, 1.54) is 18.5 Å². The highest BCUT2D eigenvalue weighted by molar-refractivity contribution is 5.38. The predicted molar refractivity (Wildman–Crippen MR) is 79.7 cm³/mol. The monoisotopic (exact) mass is 262 g/mol. The maximum absolute atomic E-state index is 5.49. The Morgan fingerprint density at radius 3 is 2.74 bits per heavy atom. The molecule has 1 aliphatic heterocycles. The molecule has 0 radical (unpaired) electrons. The molecule has 1 aromatic rings. The minimum Gasteiger partial charge on any atom is -0.496 e. The van der Waals surface area contributed by atoms with Crippen molar-refractivity contribution in [1.82, 2.24) is 10.2 Å². The SMILES string of the molecule is CCN1CCC(NC(C)(C)c2ccccc2OC)C1. The second kappa shape index (κ2) is 5.93. The van der Waals surface area contributed by atoms with Gasteiger partial charge < -0.3 is 15.0 Å². The zero-order chi connectivity index (χ0) is 13.9. The number of nitrogens with zero attached hydrogens (tertiary/aromatic N) is 1. The molecule has 0 aliphatic carbocycles. The van der Waals surface area contributed by atoms with Crippen molar-refractivity contribution in [1.29, 1.82) is 0 Å². The van der Waals surface area contributed by atoms with Crippen molar-refractivity contribution in [3.05, 3.63) is 29.8 Å². The molecular formula is C16H26N2O. The van der Waals surface area contributed by atoms with Crippen molar-refractivity contribution in [3.63, 3.8) is 0 Å². The molecule has 19 heavy (non-hydrogen) atoms. The largest absolute Gasteiger partial charge is 0.496 e. The number of nitrogens with one attached hydrogen (secondary N) is 1. The number of likely N-dealkylation sites (tertiary alicyclic amines) is 1. The van der Waals surface area contributed by atoms with Crippen LogP contribution in [0.1, 0.15) is 32.8 Å². The van der Waals surface area contributed by atoms with Gasteiger partial charge in [0, 0.05) is 23.7 Å². The van der Waals surface area contributed by atoms with Gasteiger partial charge in [0.1, 0.15) is 5.75 Å². The van der Waals surface area contributed by atoms with E-state index in [0.29, 0.717) is 6.04 Å². The van der Waals surface area contributed by atoms with Crippen LogP contribution in [0.3, 0.4) is 0 Å². The number of ether oxygens (including phenoxy) is 1. The summed E-state index contributed by atoms with van der Waals surface area (Å²) in [4.78, 5) is 2.50. The van der Waals surface area contributed by atoms with Crippen molar-refractivity contribution in [2.45, 2.75) is 38.8 Å². The minimum atomic E-state index is -0.0684. The molecule has 1 N–H and O–H groups in total. The highest BCUT2D eigenvalue weighted by Crippen LogP contribution is 2.30. The molecular weight excluding hydrogens is 236 g/mol. The van der Waals surface area contributed by atoms with Crippen LogP contribution < -0.4 is 10.1 Å². The molecule has 0 saturated carbocycles. The molecule has 3 heteroatoms. The topological polar surface area (TPSA) is 24.5 Å². The number of hydrogen-bond donors (Lipinski definition) is 1. The van der Waals surface area contributed by atoms with E-state index < -0.39 is 0 Å². The molecule has 1 aromatic carbocycles. The number of methoxy groups -OCH3 is 1. The van der Waals surface area contributed by atoms with Crippen LogP contribution >= 0.6 is 0 Å². The molecule has 2 rings (SSSR count). The van der Waals surface area contributed by atoms with Crippen LogP contribution in [0.5, 0.6) is 5.75 Å². The van der Waals surface area contributed by atoms with E-state index in [1.807, 2.05) is 12.1 Å². The Morgan fingerprint density at radius 1 is 1.37 bits per heavy atom. The molecule has 0 bridgehead atoms. The van der Waals surface area contributed by atoms with Crippen molar-refractivity contribution >= 4 is 0 Å². The Morgan fingerprint density at radius 2 is 2.11 bits per heavy atom. The van der Waals surface area contributed by atoms with Crippen LogP contribution in [0.25, 0.3) is 0 Å². The van der Waals surface area contributed by atoms with Gasteiger partial charge in [-0.3, -0.25) is 0 Å². The van der Waals surface area contributed by atoms with E-state index in [9.17, 15) is 0 Å². The van der Waals surface area contributed by atoms with E-state index in [1.54, 1.807) is 7.11 Å². The molecule has 3 nitrogen and oxygen atoms in total. The lowest BCUT2D eigenvalue weighted by atomic mass is 9.92. The lowest BCUT2D eigenvalue weighted by Crippen LogP contribution is -2.45. The molecule has 1 heterocycles. The highest BCUT2D eigenvalue weighted by Gasteiger charge is 2.30. The molecule has 1 atom stereocenters. The lowest BCUT2D eigenvalue weighted by Gasteiger charge is -2.32. The van der Waals surface area contributed by atoms with Crippen LogP contribution in [0.15, 0.2) is 24.3 Å². The Labute approximate surface area is 116 Å². The number of para-hydroxylation sites is 1. The van der Waals surface area contributed by atoms with Gasteiger partial charge in [0.15, 0.2) is 0 Å². The summed E-state index contributed by atoms with van der Waals surface area (Å²) in [6, 6.07) is 8.85. The van der Waals surface area contributed by atoms with E-state index in [-0.39, 0.29) is 5.54 Å². The van der Waals surface area contributed by atoms with E-state index >= 15 is 0 Å². The molecule has 1 aliphatic rings. The molecule has 106 valence electrons. The number of hydrogen-bond acceptors (Lipinski definition) is 3. The summed E-state index contributed by atoms with van der Waals surface area (Å²) in [6.07, 6.45) is 1.23. The molecule has 1 fully saturated rings. The zero-order valence-corrected chi connectivity index (χ0v) is 12.6. The fourth-order valence-corrected chi connectivity index (χ4v) is 2.99. The zero-order valence-electron chi connectivity index (χ0n) is 12.6. The predicted octanol–water partition coefficient (Wildman–Crippen LogP) is 2.61. The third-order valence-electron chi connectivity index (χ3n) is 4.06. The molecule has 0 amide bonds. The summed E-state index contributed by atoms with van der Waals surface area (Å²) < 4.78 is 5.49. The van der Waals surface area contributed by atoms with Crippen molar-refractivity contribution in [3.8, 4) is 5.75 Å². The summed E-state index contributed by atoms with van der Waals surface area (Å²) in [5.41, 5.74) is 1.16. The molecule has 1 unspecified atom stereocenters. The van der Waals surface area contributed by atoms with Gasteiger partial charge in [-0.25, -0.2) is 0 Å². The van der Waals surface area contributed by atoms with Crippen molar-refractivity contribution < 1.29 is 4.74 Å². The first-order valence-corrected chi connectivity index (χ1v) is 7.20. The summed E-state index contributed by atoms with van der Waals surface area (Å²) in [5, 5.41) is 3.79. The molecule has 0 aromatic heterocycles. The third kappa shape index (κ3) is 3.28. The summed E-state index contributed by atoms with van der Waals surface area (Å²) >= 11 is 0. The second-order valence-electron chi connectivity index (χ2n) is 5.85. The smallest absolute Gasteiger partial charge is 0.123 e. The average Bonchev–Trinajstić information content (AvgIpc) is 2.85. The van der Waals surface area contributed by atoms with Crippen LogP contribution in [0, 0.1) is 0 Å². The van der Waals surface area contributed by atoms with Gasteiger partial charge in [0.2, 0.25) is 0 Å². The Bertz CT molecular complexity index is 417. The van der Waals surface area contributed by atoms with Crippen LogP contribution in [-0.2, 0) is 5.54 Å². The fourth-order valence-electron chi connectivity index (χ4n) is 2.99. The van der Waals surface area contributed by atoms with Gasteiger partial charge in [-0.05, 0) is 39.4 Å². The summed E-state index contributed by atoms with van der Waals surface area (Å²) in [5.74, 6) is 0.963. The normalized spacial score (nSPS) is 20.7. The van der Waals surface area contributed by atoms with Gasteiger partial charge in [-0.15, -0.1) is 0 Å². The maximum Gasteiger partial charge on any atom is 0.123 e. The van der Waals surface area contributed by atoms with Gasteiger partial charge in [0.05, 0.1) is 7.11 Å². The molecule has 0 spiro atoms. The first kappa shape index (κ1) is 14.4. The highest BCUT2D eigenvalue weighted by atomic mass is 16.5. The number of rotatable bonds is 5. The van der Waals surface area contributed by atoms with Gasteiger partial charge in [-0.1, -0.05) is 25.1 Å². The Kier molecular flexibility index (Phi) is 4.48. The average molecular weight is 262 g/mol. The van der Waals surface area contributed by atoms with Crippen LogP contribution in [-0.4, -0.2) is 37.7 Å². The van der Waals surface area contributed by atoms with Crippen molar-refractivity contribution in [2.24, 2.45) is 0 Å². The number of benzene rings is 1. The third-order valence-corrected chi connectivity index (χ3v) is 4.06. The first-order valence-electron chi connectivity index (χ1n) is 7.20. The summed E-state index contributed by atoms with van der Waals surface area (Å²) in [6.45, 7) is 10.2. The summed E-state index contributed by atoms with van der Waals surface area (Å²) in [7, 11) is 1.74. The van der Waals surface area contributed by atoms with Gasteiger partial charge >= 0.3 is 0 Å². The lowest BCUT2D eigenvalue weighted by molar-refractivity contribution is 0.302. The Balaban J connectivity index is 2.09. The van der Waals surface area contributed by atoms with Gasteiger partial charge in [0.25, 0.3) is 0 Å². The van der Waals surface area contributed by atoms with E-state index in [2.05, 4.69) is 43.1 Å². The standard InChI is InChI=1S/C16H26N2O/c1-5-18-11-10-13(12-18)17-16(2,3)14-8-6-7-9-15(14)19-4/h6-9,13,17H,5,10-12H2,1-4H3. The van der Waals surface area contributed by atoms with Gasteiger partial charge in [-0.2, -0.15) is 0 Å².